The molecule has 1 unspecified atom stereocenters. The van der Waals surface area contributed by atoms with Crippen LogP contribution in [0.25, 0.3) is 0 Å². The molecule has 5 heteroatoms. The first-order valence-electron chi connectivity index (χ1n) is 6.55. The fourth-order valence-corrected chi connectivity index (χ4v) is 2.14. The van der Waals surface area contributed by atoms with E-state index < -0.39 is 17.9 Å². The van der Waals surface area contributed by atoms with Gasteiger partial charge in [-0.1, -0.05) is 18.2 Å². The first-order valence-corrected chi connectivity index (χ1v) is 6.55. The molecular weight excluding hydrogens is 270 g/mol. The molecule has 0 aliphatic heterocycles. The Hall–Kier alpha value is -2.56. The van der Waals surface area contributed by atoms with E-state index in [1.807, 2.05) is 19.9 Å². The van der Waals surface area contributed by atoms with Gasteiger partial charge in [-0.15, -0.1) is 0 Å². The number of furan rings is 1. The van der Waals surface area contributed by atoms with E-state index in [-0.39, 0.29) is 0 Å². The Morgan fingerprint density at radius 2 is 1.95 bits per heavy atom. The van der Waals surface area contributed by atoms with Crippen molar-refractivity contribution in [3.05, 3.63) is 58.5 Å². The number of amides is 1. The van der Waals surface area contributed by atoms with Crippen molar-refractivity contribution in [3.63, 3.8) is 0 Å². The second-order valence-corrected chi connectivity index (χ2v) is 4.98. The SMILES string of the molecule is Cc1cc(C(=O)NC(C(=O)O)c2cccc(C)c2C)co1. The van der Waals surface area contributed by atoms with Crippen molar-refractivity contribution in [2.45, 2.75) is 26.8 Å². The molecule has 2 aromatic rings. The number of aliphatic carboxylic acids is 1. The summed E-state index contributed by atoms with van der Waals surface area (Å²) in [7, 11) is 0. The third kappa shape index (κ3) is 3.13. The van der Waals surface area contributed by atoms with E-state index in [1.165, 1.54) is 6.26 Å². The number of benzene rings is 1. The lowest BCUT2D eigenvalue weighted by Crippen LogP contribution is -2.34. The molecule has 2 N–H and O–H groups in total. The molecule has 0 aliphatic rings. The molecule has 1 heterocycles. The Bertz CT molecular complexity index is 687. The molecule has 1 atom stereocenters. The molecule has 0 aliphatic carbocycles. The average Bonchev–Trinajstić information content (AvgIpc) is 2.86. The maximum Gasteiger partial charge on any atom is 0.330 e. The van der Waals surface area contributed by atoms with E-state index in [4.69, 9.17) is 4.42 Å². The summed E-state index contributed by atoms with van der Waals surface area (Å²) in [4.78, 5) is 23.6. The van der Waals surface area contributed by atoms with Crippen LogP contribution in [-0.4, -0.2) is 17.0 Å². The zero-order valence-corrected chi connectivity index (χ0v) is 12.1. The number of hydrogen-bond donors (Lipinski definition) is 2. The quantitative estimate of drug-likeness (QED) is 0.906. The number of carbonyl (C=O) groups is 2. The van der Waals surface area contributed by atoms with Crippen LogP contribution in [-0.2, 0) is 4.79 Å². The van der Waals surface area contributed by atoms with Gasteiger partial charge in [-0.3, -0.25) is 4.79 Å². The molecule has 0 fully saturated rings. The standard InChI is InChI=1S/C16H17NO4/c1-9-5-4-6-13(11(9)3)14(16(19)20)17-15(18)12-7-10(2)21-8-12/h4-8,14H,1-3H3,(H,17,18)(H,19,20). The molecule has 1 aromatic carbocycles. The number of rotatable bonds is 4. The van der Waals surface area contributed by atoms with Crippen LogP contribution in [0.15, 0.2) is 34.9 Å². The molecule has 110 valence electrons. The van der Waals surface area contributed by atoms with Crippen molar-refractivity contribution < 1.29 is 19.1 Å². The van der Waals surface area contributed by atoms with Gasteiger partial charge in [0.2, 0.25) is 0 Å². The lowest BCUT2D eigenvalue weighted by Gasteiger charge is -2.17. The van der Waals surface area contributed by atoms with Crippen molar-refractivity contribution >= 4 is 11.9 Å². The Morgan fingerprint density at radius 1 is 1.24 bits per heavy atom. The zero-order valence-electron chi connectivity index (χ0n) is 12.1. The lowest BCUT2D eigenvalue weighted by molar-refractivity contribution is -0.139. The summed E-state index contributed by atoms with van der Waals surface area (Å²) in [6, 6.07) is 5.87. The number of aryl methyl sites for hydroxylation is 2. The van der Waals surface area contributed by atoms with Crippen LogP contribution in [0.2, 0.25) is 0 Å². The largest absolute Gasteiger partial charge is 0.479 e. The molecule has 2 rings (SSSR count). The van der Waals surface area contributed by atoms with Crippen LogP contribution < -0.4 is 5.32 Å². The van der Waals surface area contributed by atoms with E-state index in [1.54, 1.807) is 25.1 Å². The van der Waals surface area contributed by atoms with Gasteiger partial charge in [0.25, 0.3) is 5.91 Å². The van der Waals surface area contributed by atoms with Crippen molar-refractivity contribution in [3.8, 4) is 0 Å². The third-order valence-corrected chi connectivity index (χ3v) is 3.47. The van der Waals surface area contributed by atoms with Crippen LogP contribution >= 0.6 is 0 Å². The van der Waals surface area contributed by atoms with Gasteiger partial charge in [-0.25, -0.2) is 4.79 Å². The highest BCUT2D eigenvalue weighted by Gasteiger charge is 2.25. The molecule has 1 amide bonds. The van der Waals surface area contributed by atoms with E-state index in [2.05, 4.69) is 5.32 Å². The summed E-state index contributed by atoms with van der Waals surface area (Å²) in [5.74, 6) is -0.976. The molecule has 0 saturated heterocycles. The van der Waals surface area contributed by atoms with Gasteiger partial charge in [-0.2, -0.15) is 0 Å². The Kier molecular flexibility index (Phi) is 4.12. The minimum absolute atomic E-state index is 0.309. The van der Waals surface area contributed by atoms with E-state index in [9.17, 15) is 14.7 Å². The molecular formula is C16H17NO4. The van der Waals surface area contributed by atoms with Crippen molar-refractivity contribution in [1.29, 1.82) is 0 Å². The van der Waals surface area contributed by atoms with E-state index in [0.717, 1.165) is 11.1 Å². The summed E-state index contributed by atoms with van der Waals surface area (Å²) in [5.41, 5.74) is 2.72. The maximum absolute atomic E-state index is 12.1. The summed E-state index contributed by atoms with van der Waals surface area (Å²) in [6.07, 6.45) is 1.31. The van der Waals surface area contributed by atoms with Crippen molar-refractivity contribution in [1.82, 2.24) is 5.32 Å². The van der Waals surface area contributed by atoms with Crippen molar-refractivity contribution in [2.75, 3.05) is 0 Å². The fourth-order valence-electron chi connectivity index (χ4n) is 2.14. The maximum atomic E-state index is 12.1. The van der Waals surface area contributed by atoms with Crippen molar-refractivity contribution in [2.24, 2.45) is 0 Å². The number of nitrogens with one attached hydrogen (secondary N) is 1. The van der Waals surface area contributed by atoms with Crippen LogP contribution in [0, 0.1) is 20.8 Å². The molecule has 0 spiro atoms. The first-order chi connectivity index (χ1) is 9.90. The smallest absolute Gasteiger partial charge is 0.330 e. The van der Waals surface area contributed by atoms with Crippen LogP contribution in [0.5, 0.6) is 0 Å². The summed E-state index contributed by atoms with van der Waals surface area (Å²) in [5, 5.41) is 11.9. The van der Waals surface area contributed by atoms with E-state index >= 15 is 0 Å². The molecule has 1 aromatic heterocycles. The van der Waals surface area contributed by atoms with Crippen LogP contribution in [0.4, 0.5) is 0 Å². The van der Waals surface area contributed by atoms with Gasteiger partial charge in [0, 0.05) is 0 Å². The highest BCUT2D eigenvalue weighted by atomic mass is 16.4. The van der Waals surface area contributed by atoms with Gasteiger partial charge < -0.3 is 14.8 Å². The molecule has 5 nitrogen and oxygen atoms in total. The van der Waals surface area contributed by atoms with Gasteiger partial charge in [0.15, 0.2) is 6.04 Å². The predicted molar refractivity (Wildman–Crippen MR) is 77.2 cm³/mol. The molecule has 0 radical (unpaired) electrons. The Balaban J connectivity index is 2.30. The lowest BCUT2D eigenvalue weighted by atomic mass is 9.97. The zero-order chi connectivity index (χ0) is 15.6. The second kappa shape index (κ2) is 5.83. The number of carboxylic acid groups (broad SMARTS) is 1. The highest BCUT2D eigenvalue weighted by molar-refractivity contribution is 5.96. The van der Waals surface area contributed by atoms with Gasteiger partial charge in [0.05, 0.1) is 5.56 Å². The topological polar surface area (TPSA) is 79.5 Å². The number of carbonyl (C=O) groups excluding carboxylic acids is 1. The minimum atomic E-state index is -1.10. The highest BCUT2D eigenvalue weighted by Crippen LogP contribution is 2.21. The third-order valence-electron chi connectivity index (χ3n) is 3.47. The van der Waals surface area contributed by atoms with Crippen LogP contribution in [0.3, 0.4) is 0 Å². The Morgan fingerprint density at radius 3 is 2.52 bits per heavy atom. The molecule has 21 heavy (non-hydrogen) atoms. The predicted octanol–water partition coefficient (Wildman–Crippen LogP) is 2.76. The molecule has 0 bridgehead atoms. The van der Waals surface area contributed by atoms with Gasteiger partial charge in [0.1, 0.15) is 12.0 Å². The monoisotopic (exact) mass is 287 g/mol. The second-order valence-electron chi connectivity index (χ2n) is 4.98. The van der Waals surface area contributed by atoms with Crippen LogP contribution in [0.1, 0.15) is 38.9 Å². The molecule has 0 saturated carbocycles. The van der Waals surface area contributed by atoms with E-state index in [0.29, 0.717) is 16.9 Å². The van der Waals surface area contributed by atoms with Gasteiger partial charge >= 0.3 is 5.97 Å². The summed E-state index contributed by atoms with van der Waals surface area (Å²) < 4.78 is 5.07. The summed E-state index contributed by atoms with van der Waals surface area (Å²) in [6.45, 7) is 5.46. The first kappa shape index (κ1) is 14.8. The minimum Gasteiger partial charge on any atom is -0.479 e. The normalized spacial score (nSPS) is 12.0. The summed E-state index contributed by atoms with van der Waals surface area (Å²) >= 11 is 0. The number of carboxylic acids is 1. The number of hydrogen-bond acceptors (Lipinski definition) is 3. The van der Waals surface area contributed by atoms with Gasteiger partial charge in [-0.05, 0) is 43.5 Å². The average molecular weight is 287 g/mol. The fraction of sp³-hybridized carbons (Fsp3) is 0.250. The Labute approximate surface area is 122 Å².